The van der Waals surface area contributed by atoms with Gasteiger partial charge in [-0.3, -0.25) is 4.79 Å². The minimum atomic E-state index is -1.15. The van der Waals surface area contributed by atoms with Gasteiger partial charge in [0.15, 0.2) is 12.4 Å². The zero-order valence-electron chi connectivity index (χ0n) is 27.3. The van der Waals surface area contributed by atoms with Gasteiger partial charge in [0.2, 0.25) is 0 Å². The van der Waals surface area contributed by atoms with Gasteiger partial charge in [-0.25, -0.2) is 19.2 Å². The summed E-state index contributed by atoms with van der Waals surface area (Å²) in [6.07, 6.45) is 1.42. The van der Waals surface area contributed by atoms with Gasteiger partial charge in [-0.05, 0) is 86.7 Å². The van der Waals surface area contributed by atoms with Crippen LogP contribution < -0.4 is 15.2 Å². The van der Waals surface area contributed by atoms with Crippen molar-refractivity contribution < 1.29 is 28.2 Å². The Hall–Kier alpha value is -4.97. The Labute approximate surface area is 277 Å². The van der Waals surface area contributed by atoms with Crippen LogP contribution in [0.2, 0.25) is 0 Å². The molecule has 2 fully saturated rings. The molecule has 12 heteroatoms. The average molecular weight is 655 g/mol. The highest BCUT2D eigenvalue weighted by Crippen LogP contribution is 2.38. The largest absolute Gasteiger partial charge is 0.494 e. The number of hydrogen-bond acceptors (Lipinski definition) is 8. The van der Waals surface area contributed by atoms with Crippen LogP contribution in [0.15, 0.2) is 54.6 Å². The number of hydrogen-bond donors (Lipinski definition) is 1. The van der Waals surface area contributed by atoms with E-state index < -0.39 is 18.2 Å². The normalized spacial score (nSPS) is 18.0. The van der Waals surface area contributed by atoms with Crippen LogP contribution in [0, 0.1) is 5.92 Å². The fourth-order valence-electron chi connectivity index (χ4n) is 6.53. The van der Waals surface area contributed by atoms with E-state index in [1.165, 1.54) is 4.90 Å². The van der Waals surface area contributed by atoms with Crippen molar-refractivity contribution in [2.75, 3.05) is 33.4 Å². The van der Waals surface area contributed by atoms with Crippen LogP contribution in [0.5, 0.6) is 11.5 Å². The molecule has 0 radical (unpaired) electrons. The number of piperidine rings is 1. The standard InChI is InChI=1S/C36H39FN6O5/c1-4-47-32(44)20-48-27-10-7-22(8-11-27)28-12-9-23-14-30(43(34(23)39-28)17-21-5-6-21)35-40-29-13-24(15-31(46-3)33(29)41(35)2)36(45)42-18-25(37)16-26(38)19-42/h7-15,21,25-26H,4-6,16-20,38H2,1-3H3/t25-,26-/m1/s1. The summed E-state index contributed by atoms with van der Waals surface area (Å²) in [6.45, 7) is 3.05. The lowest BCUT2D eigenvalue weighted by Crippen LogP contribution is -2.50. The molecule has 1 aliphatic carbocycles. The van der Waals surface area contributed by atoms with Gasteiger partial charge < -0.3 is 34.0 Å². The smallest absolute Gasteiger partial charge is 0.344 e. The molecule has 1 aliphatic heterocycles. The van der Waals surface area contributed by atoms with Crippen LogP contribution in [0.25, 0.3) is 44.8 Å². The van der Waals surface area contributed by atoms with Gasteiger partial charge >= 0.3 is 5.97 Å². The van der Waals surface area contributed by atoms with E-state index in [4.69, 9.17) is 29.9 Å². The molecule has 2 N–H and O–H groups in total. The first-order valence-corrected chi connectivity index (χ1v) is 16.3. The lowest BCUT2D eigenvalue weighted by atomic mass is 10.0. The summed E-state index contributed by atoms with van der Waals surface area (Å²) in [6, 6.07) is 16.7. The van der Waals surface area contributed by atoms with E-state index in [0.29, 0.717) is 41.6 Å². The highest BCUT2D eigenvalue weighted by atomic mass is 19.1. The molecule has 2 aromatic carbocycles. The highest BCUT2D eigenvalue weighted by Gasteiger charge is 2.30. The van der Waals surface area contributed by atoms with Crippen LogP contribution in [-0.4, -0.2) is 81.5 Å². The number of amides is 1. The number of benzene rings is 2. The van der Waals surface area contributed by atoms with Crippen LogP contribution in [0.4, 0.5) is 4.39 Å². The maximum absolute atomic E-state index is 14.3. The predicted molar refractivity (Wildman–Crippen MR) is 180 cm³/mol. The summed E-state index contributed by atoms with van der Waals surface area (Å²) >= 11 is 0. The number of rotatable bonds is 10. The van der Waals surface area contributed by atoms with E-state index >= 15 is 0 Å². The summed E-state index contributed by atoms with van der Waals surface area (Å²) in [5.74, 6) is 1.66. The third-order valence-corrected chi connectivity index (χ3v) is 9.04. The van der Waals surface area contributed by atoms with Crippen molar-refractivity contribution in [2.45, 2.75) is 44.9 Å². The molecule has 48 heavy (non-hydrogen) atoms. The second-order valence-corrected chi connectivity index (χ2v) is 12.7. The van der Waals surface area contributed by atoms with E-state index in [1.807, 2.05) is 41.9 Å². The molecule has 2 aliphatic rings. The van der Waals surface area contributed by atoms with Gasteiger partial charge in [0.05, 0.1) is 37.2 Å². The fraction of sp³-hybridized carbons (Fsp3) is 0.389. The topological polar surface area (TPSA) is 127 Å². The molecule has 3 aromatic heterocycles. The molecule has 0 unspecified atom stereocenters. The maximum atomic E-state index is 14.3. The lowest BCUT2D eigenvalue weighted by Gasteiger charge is -2.33. The number of ether oxygens (including phenoxy) is 3. The van der Waals surface area contributed by atoms with E-state index in [2.05, 4.69) is 16.7 Å². The van der Waals surface area contributed by atoms with Crippen molar-refractivity contribution in [3.63, 3.8) is 0 Å². The highest BCUT2D eigenvalue weighted by molar-refractivity contribution is 6.00. The molecule has 1 amide bonds. The number of alkyl halides is 1. The molecular weight excluding hydrogens is 615 g/mol. The molecular formula is C36H39FN6O5. The van der Waals surface area contributed by atoms with E-state index in [1.54, 1.807) is 26.2 Å². The molecule has 2 atom stereocenters. The Morgan fingerprint density at radius 2 is 1.83 bits per heavy atom. The quantitative estimate of drug-likeness (QED) is 0.206. The molecule has 5 aromatic rings. The van der Waals surface area contributed by atoms with Crippen molar-refractivity contribution >= 4 is 33.9 Å². The first kappa shape index (κ1) is 31.6. The molecule has 250 valence electrons. The van der Waals surface area contributed by atoms with Crippen molar-refractivity contribution in [1.29, 1.82) is 0 Å². The van der Waals surface area contributed by atoms with Crippen LogP contribution >= 0.6 is 0 Å². The summed E-state index contributed by atoms with van der Waals surface area (Å²) in [5.41, 5.74) is 11.3. The van der Waals surface area contributed by atoms with Gasteiger partial charge in [0.25, 0.3) is 5.91 Å². The first-order chi connectivity index (χ1) is 23.2. The molecule has 1 saturated carbocycles. The van der Waals surface area contributed by atoms with Crippen molar-refractivity contribution in [3.05, 3.63) is 60.2 Å². The number of aryl methyl sites for hydroxylation is 1. The Balaban J connectivity index is 1.24. The fourth-order valence-corrected chi connectivity index (χ4v) is 6.53. The van der Waals surface area contributed by atoms with E-state index in [-0.39, 0.29) is 25.5 Å². The monoisotopic (exact) mass is 654 g/mol. The number of likely N-dealkylation sites (tertiary alicyclic amines) is 1. The predicted octanol–water partition coefficient (Wildman–Crippen LogP) is 5.13. The van der Waals surface area contributed by atoms with Gasteiger partial charge in [-0.15, -0.1) is 0 Å². The second kappa shape index (κ2) is 12.9. The van der Waals surface area contributed by atoms with Gasteiger partial charge in [-0.2, -0.15) is 0 Å². The van der Waals surface area contributed by atoms with Crippen LogP contribution in [-0.2, 0) is 23.1 Å². The van der Waals surface area contributed by atoms with Crippen molar-refractivity contribution in [1.82, 2.24) is 24.0 Å². The first-order valence-electron chi connectivity index (χ1n) is 16.3. The number of imidazole rings is 1. The second-order valence-electron chi connectivity index (χ2n) is 12.7. The number of fused-ring (bicyclic) bond motifs is 2. The van der Waals surface area contributed by atoms with Crippen molar-refractivity contribution in [2.24, 2.45) is 18.7 Å². The number of methoxy groups -OCH3 is 1. The summed E-state index contributed by atoms with van der Waals surface area (Å²) in [7, 11) is 3.51. The van der Waals surface area contributed by atoms with Gasteiger partial charge in [-0.1, -0.05) is 0 Å². The van der Waals surface area contributed by atoms with Gasteiger partial charge in [0.1, 0.15) is 28.8 Å². The van der Waals surface area contributed by atoms with Gasteiger partial charge in [0, 0.05) is 42.7 Å². The summed E-state index contributed by atoms with van der Waals surface area (Å²) in [4.78, 5) is 36.8. The zero-order valence-corrected chi connectivity index (χ0v) is 27.3. The number of nitrogens with zero attached hydrogens (tertiary/aromatic N) is 5. The number of halogens is 1. The Kier molecular flexibility index (Phi) is 8.50. The van der Waals surface area contributed by atoms with Crippen molar-refractivity contribution in [3.8, 4) is 34.3 Å². The van der Waals surface area contributed by atoms with E-state index in [9.17, 15) is 14.0 Å². The Morgan fingerprint density at radius 3 is 2.54 bits per heavy atom. The zero-order chi connectivity index (χ0) is 33.5. The van der Waals surface area contributed by atoms with E-state index in [0.717, 1.165) is 58.7 Å². The minimum Gasteiger partial charge on any atom is -0.494 e. The number of nitrogens with two attached hydrogens (primary N) is 1. The molecule has 4 heterocycles. The molecule has 11 nitrogen and oxygen atoms in total. The number of carbonyl (C=O) groups excluding carboxylic acids is 2. The number of aromatic nitrogens is 4. The lowest BCUT2D eigenvalue weighted by molar-refractivity contribution is -0.145. The van der Waals surface area contributed by atoms with Crippen LogP contribution in [0.3, 0.4) is 0 Å². The SMILES string of the molecule is CCOC(=O)COc1ccc(-c2ccc3cc(-c4nc5cc(C(=O)N6C[C@H](N)C[C@@H](F)C6)cc(OC)c5n4C)n(CC4CC4)c3n2)cc1. The molecule has 7 rings (SSSR count). The third kappa shape index (κ3) is 6.19. The summed E-state index contributed by atoms with van der Waals surface area (Å²) in [5, 5.41) is 0.987. The Bertz CT molecular complexity index is 1990. The number of pyridine rings is 1. The summed E-state index contributed by atoms with van der Waals surface area (Å²) < 4.78 is 34.8. The average Bonchev–Trinajstić information content (AvgIpc) is 3.75. The molecule has 1 saturated heterocycles. The molecule has 0 bridgehead atoms. The Morgan fingerprint density at radius 1 is 1.04 bits per heavy atom. The number of esters is 1. The van der Waals surface area contributed by atoms with Crippen LogP contribution in [0.1, 0.15) is 36.5 Å². The number of carbonyl (C=O) groups is 2. The molecule has 0 spiro atoms. The maximum Gasteiger partial charge on any atom is 0.344 e. The minimum absolute atomic E-state index is 0.0179. The third-order valence-electron chi connectivity index (χ3n) is 9.04.